The predicted octanol–water partition coefficient (Wildman–Crippen LogP) is 10.8. The molecule has 0 aromatic heterocycles. The molecule has 5 aromatic rings. The fraction of sp³-hybridized carbons (Fsp3) is 0.354. The van der Waals surface area contributed by atoms with E-state index in [0.717, 1.165) is 29.8 Å². The quantitative estimate of drug-likeness (QED) is 0.103. The van der Waals surface area contributed by atoms with Crippen LogP contribution in [-0.2, 0) is 43.5 Å². The SMILES string of the molecule is Cc1ccc(S(=O)(=O)OC[C@@H]2CC[C@@]3(S(=O)(=O)c4ccc(Cl)cc4)c4c(F)ccc(F)c4OC[C@H]3C2)cc1.N#CC[C@@H]1CC[C@@]2(S(=O)(=O)c3ccc(Cl)cc3)c3c(F)ccc(F)c3OC[C@H]2C1. The monoisotopic (exact) mass is 1020 g/mol. The molecule has 2 heterocycles. The number of halogens is 6. The summed E-state index contributed by atoms with van der Waals surface area (Å²) < 4.78 is 154. The van der Waals surface area contributed by atoms with Crippen LogP contribution in [0.25, 0.3) is 0 Å². The lowest BCUT2D eigenvalue weighted by Gasteiger charge is -2.49. The second kappa shape index (κ2) is 18.7. The summed E-state index contributed by atoms with van der Waals surface area (Å²) in [5.41, 5.74) is 0.338. The number of hydrogen-bond acceptors (Lipinski definition) is 10. The van der Waals surface area contributed by atoms with Gasteiger partial charge in [0.2, 0.25) is 0 Å². The summed E-state index contributed by atoms with van der Waals surface area (Å²) >= 11 is 11.9. The first-order chi connectivity index (χ1) is 31.8. The number of rotatable bonds is 9. The molecule has 19 heteroatoms. The summed E-state index contributed by atoms with van der Waals surface area (Å²) in [6, 6.07) is 23.3. The maximum atomic E-state index is 15.4. The summed E-state index contributed by atoms with van der Waals surface area (Å²) in [6.45, 7) is 1.43. The highest BCUT2D eigenvalue weighted by molar-refractivity contribution is 7.92. The minimum absolute atomic E-state index is 0.00199. The van der Waals surface area contributed by atoms with Crippen LogP contribution in [0, 0.1) is 65.2 Å². The molecule has 10 nitrogen and oxygen atoms in total. The van der Waals surface area contributed by atoms with Gasteiger partial charge < -0.3 is 9.47 Å². The van der Waals surface area contributed by atoms with E-state index in [1.165, 1.54) is 60.7 Å². The third kappa shape index (κ3) is 8.60. The molecule has 0 unspecified atom stereocenters. The van der Waals surface area contributed by atoms with Crippen molar-refractivity contribution in [1.29, 1.82) is 5.26 Å². The number of benzene rings is 5. The third-order valence-corrected chi connectivity index (χ3v) is 20.6. The Labute approximate surface area is 396 Å². The Kier molecular flexibility index (Phi) is 13.6. The smallest absolute Gasteiger partial charge is 0.296 e. The molecule has 0 bridgehead atoms. The van der Waals surface area contributed by atoms with E-state index in [4.69, 9.17) is 42.1 Å². The maximum absolute atomic E-state index is 15.4. The fourth-order valence-electron chi connectivity index (χ4n) is 10.3. The standard InChI is InChI=1S/C27H25ClF2O6S2.C21H18ClF2NO3S/c1-17-2-6-22(7-3-17)38(33,34)36-15-18-12-13-27(37(31,32)21-8-4-20(28)5-9-21)19(14-18)16-35-26-24(30)11-10-23(29)25(26)27;22-15-1-3-16(4-2-15)29(26,27)21-9-7-13(8-10-25)11-14(21)12-28-20-18(24)6-5-17(23)19(20)21/h2-11,18-19H,12-16H2,1H3;1-6,13-14H,7-9,11-12H2/t18-,19-,27+;13-,14+,21-/m10/s1. The molecule has 4 aliphatic rings. The van der Waals surface area contributed by atoms with Crippen LogP contribution < -0.4 is 9.47 Å². The van der Waals surface area contributed by atoms with Crippen molar-refractivity contribution in [2.75, 3.05) is 19.8 Å². The Morgan fingerprint density at radius 3 is 1.46 bits per heavy atom. The van der Waals surface area contributed by atoms with Gasteiger partial charge in [0.15, 0.2) is 42.8 Å². The van der Waals surface area contributed by atoms with E-state index in [1.807, 2.05) is 6.92 Å². The molecule has 5 aromatic carbocycles. The summed E-state index contributed by atoms with van der Waals surface area (Å²) in [6.07, 6.45) is 1.49. The van der Waals surface area contributed by atoms with Gasteiger partial charge in [-0.15, -0.1) is 0 Å². The minimum Gasteiger partial charge on any atom is -0.490 e. The van der Waals surface area contributed by atoms with E-state index < -0.39 is 80.1 Å². The molecule has 0 saturated heterocycles. The van der Waals surface area contributed by atoms with E-state index in [9.17, 15) is 34.0 Å². The zero-order valence-electron chi connectivity index (χ0n) is 35.7. The topological polar surface area (TPSA) is 154 Å². The first-order valence-electron chi connectivity index (χ1n) is 21.3. The molecule has 0 N–H and O–H groups in total. The molecule has 9 rings (SSSR count). The van der Waals surface area contributed by atoms with Gasteiger partial charge in [-0.2, -0.15) is 13.7 Å². The van der Waals surface area contributed by atoms with Crippen LogP contribution in [-0.4, -0.2) is 45.1 Å². The van der Waals surface area contributed by atoms with Gasteiger partial charge in [0, 0.05) is 28.3 Å². The normalized spacial score (nSPS) is 24.4. The average Bonchev–Trinajstić information content (AvgIpc) is 3.30. The lowest BCUT2D eigenvalue weighted by Crippen LogP contribution is -2.52. The van der Waals surface area contributed by atoms with Crippen LogP contribution in [0.1, 0.15) is 61.6 Å². The van der Waals surface area contributed by atoms with Gasteiger partial charge in [-0.3, -0.25) is 4.18 Å². The Hall–Kier alpha value is -4.70. The van der Waals surface area contributed by atoms with Crippen LogP contribution in [0.4, 0.5) is 17.6 Å². The maximum Gasteiger partial charge on any atom is 0.296 e. The fourth-order valence-corrected chi connectivity index (χ4v) is 16.2. The molecular formula is C48H43Cl2F4NO9S3. The van der Waals surface area contributed by atoms with Gasteiger partial charge in [-0.25, -0.2) is 34.4 Å². The highest BCUT2D eigenvalue weighted by Crippen LogP contribution is 2.59. The summed E-state index contributed by atoms with van der Waals surface area (Å²) in [5, 5.41) is 9.77. The summed E-state index contributed by atoms with van der Waals surface area (Å²) in [5.74, 6) is -5.80. The lowest BCUT2D eigenvalue weighted by molar-refractivity contribution is 0.0805. The van der Waals surface area contributed by atoms with Crippen LogP contribution in [0.5, 0.6) is 11.5 Å². The zero-order valence-corrected chi connectivity index (χ0v) is 39.7. The summed E-state index contributed by atoms with van der Waals surface area (Å²) in [4.78, 5) is -0.0479. The molecule has 6 atom stereocenters. The minimum atomic E-state index is -4.27. The largest absolute Gasteiger partial charge is 0.490 e. The van der Waals surface area contributed by atoms with Gasteiger partial charge in [-0.1, -0.05) is 40.9 Å². The molecule has 67 heavy (non-hydrogen) atoms. The van der Waals surface area contributed by atoms with Crippen molar-refractivity contribution in [2.24, 2.45) is 23.7 Å². The van der Waals surface area contributed by atoms with Crippen LogP contribution in [0.3, 0.4) is 0 Å². The van der Waals surface area contributed by atoms with Crippen molar-refractivity contribution in [3.05, 3.63) is 147 Å². The molecule has 2 saturated carbocycles. The van der Waals surface area contributed by atoms with Crippen molar-refractivity contribution in [1.82, 2.24) is 0 Å². The van der Waals surface area contributed by atoms with Crippen LogP contribution >= 0.6 is 23.2 Å². The second-order valence-corrected chi connectivity index (χ2v) is 24.3. The van der Waals surface area contributed by atoms with Crippen molar-refractivity contribution in [3.63, 3.8) is 0 Å². The molecule has 354 valence electrons. The highest BCUT2D eigenvalue weighted by atomic mass is 35.5. The lowest BCUT2D eigenvalue weighted by atomic mass is 9.68. The Morgan fingerprint density at radius 1 is 0.612 bits per heavy atom. The number of aryl methyl sites for hydroxylation is 1. The van der Waals surface area contributed by atoms with E-state index in [2.05, 4.69) is 6.07 Å². The Bertz CT molecular complexity index is 3090. The first kappa shape index (κ1) is 48.7. The molecule has 0 amide bonds. The van der Waals surface area contributed by atoms with Crippen molar-refractivity contribution in [2.45, 2.75) is 76.0 Å². The van der Waals surface area contributed by atoms with Gasteiger partial charge in [0.05, 0.1) is 51.7 Å². The van der Waals surface area contributed by atoms with Crippen LogP contribution in [0.15, 0.2) is 112 Å². The zero-order chi connectivity index (χ0) is 48.1. The average molecular weight is 1020 g/mol. The predicted molar refractivity (Wildman–Crippen MR) is 241 cm³/mol. The van der Waals surface area contributed by atoms with E-state index in [-0.39, 0.29) is 95.3 Å². The number of ether oxygens (including phenoxy) is 2. The molecule has 0 radical (unpaired) electrons. The van der Waals surface area contributed by atoms with Crippen molar-refractivity contribution in [3.8, 4) is 17.6 Å². The number of sulfone groups is 2. The van der Waals surface area contributed by atoms with Crippen molar-refractivity contribution >= 4 is 53.0 Å². The second-order valence-electron chi connectivity index (χ2n) is 17.4. The van der Waals surface area contributed by atoms with Crippen LogP contribution in [0.2, 0.25) is 10.0 Å². The van der Waals surface area contributed by atoms with Gasteiger partial charge in [0.25, 0.3) is 10.1 Å². The number of nitrogens with zero attached hydrogens (tertiary/aromatic N) is 1. The molecule has 2 aliphatic heterocycles. The molecular weight excluding hydrogens is 978 g/mol. The van der Waals surface area contributed by atoms with Crippen molar-refractivity contribution < 1.29 is 56.5 Å². The Balaban J connectivity index is 0.000000188. The third-order valence-electron chi connectivity index (χ3n) is 13.6. The molecule has 2 fully saturated rings. The first-order valence-corrected chi connectivity index (χ1v) is 26.5. The molecule has 2 aliphatic carbocycles. The highest BCUT2D eigenvalue weighted by Gasteiger charge is 2.61. The number of nitriles is 1. The number of fused-ring (bicyclic) bond motifs is 6. The summed E-state index contributed by atoms with van der Waals surface area (Å²) in [7, 11) is -12.4. The Morgan fingerprint density at radius 2 is 1.01 bits per heavy atom. The number of hydrogen-bond donors (Lipinski definition) is 0. The van der Waals surface area contributed by atoms with Gasteiger partial charge in [-0.05, 0) is 142 Å². The van der Waals surface area contributed by atoms with E-state index >= 15 is 8.78 Å². The van der Waals surface area contributed by atoms with Gasteiger partial charge >= 0.3 is 0 Å². The van der Waals surface area contributed by atoms with E-state index in [1.54, 1.807) is 12.1 Å². The molecule has 0 spiro atoms. The van der Waals surface area contributed by atoms with E-state index in [0.29, 0.717) is 22.9 Å². The van der Waals surface area contributed by atoms with Gasteiger partial charge in [0.1, 0.15) is 21.1 Å².